The second-order valence-corrected chi connectivity index (χ2v) is 7.37. The average molecular weight is 420 g/mol. The summed E-state index contributed by atoms with van der Waals surface area (Å²) in [5, 5.41) is 14.9. The van der Waals surface area contributed by atoms with Gasteiger partial charge in [-0.05, 0) is 19.3 Å². The van der Waals surface area contributed by atoms with Crippen molar-refractivity contribution in [3.63, 3.8) is 0 Å². The highest BCUT2D eigenvalue weighted by Crippen LogP contribution is 2.44. The summed E-state index contributed by atoms with van der Waals surface area (Å²) in [6.07, 6.45) is 6.76. The van der Waals surface area contributed by atoms with Crippen LogP contribution in [0.5, 0.6) is 5.75 Å². The lowest BCUT2D eigenvalue weighted by molar-refractivity contribution is -0.0394. The summed E-state index contributed by atoms with van der Waals surface area (Å²) >= 11 is 12.7. The Morgan fingerprint density at radius 2 is 2.29 bits per heavy atom. The molecule has 1 unspecified atom stereocenters. The maximum atomic E-state index is 8.92. The van der Waals surface area contributed by atoms with Gasteiger partial charge in [0.2, 0.25) is 0 Å². The fourth-order valence-corrected chi connectivity index (χ4v) is 3.98. The molecule has 3 N–H and O–H groups in total. The van der Waals surface area contributed by atoms with Gasteiger partial charge in [0.15, 0.2) is 6.61 Å². The Morgan fingerprint density at radius 3 is 3.00 bits per heavy atom. The number of H-pyrrole nitrogens is 1. The number of halogens is 2. The second kappa shape index (κ2) is 8.02. The Kier molecular flexibility index (Phi) is 5.47. The van der Waals surface area contributed by atoms with Gasteiger partial charge in [-0.25, -0.2) is 4.68 Å². The minimum absolute atomic E-state index is 0.0682. The molecule has 7 nitrogen and oxygen atoms in total. The number of nitrogens with one attached hydrogen (secondary N) is 1. The van der Waals surface area contributed by atoms with Crippen LogP contribution in [0, 0.1) is 11.3 Å². The van der Waals surface area contributed by atoms with Crippen molar-refractivity contribution in [1.82, 2.24) is 14.8 Å². The molecule has 0 saturated carbocycles. The zero-order chi connectivity index (χ0) is 19.7. The number of benzene rings is 1. The van der Waals surface area contributed by atoms with Gasteiger partial charge >= 0.3 is 0 Å². The van der Waals surface area contributed by atoms with Gasteiger partial charge in [-0.2, -0.15) is 10.4 Å². The molecule has 9 heteroatoms. The number of nitrogens with two attached hydrogens (primary N) is 1. The molecule has 3 heterocycles. The largest absolute Gasteiger partial charge is 0.478 e. The molecule has 2 aromatic heterocycles. The van der Waals surface area contributed by atoms with Gasteiger partial charge in [-0.3, -0.25) is 0 Å². The van der Waals surface area contributed by atoms with E-state index in [1.165, 1.54) is 0 Å². The molecule has 4 rings (SSSR count). The van der Waals surface area contributed by atoms with Crippen LogP contribution in [0.2, 0.25) is 10.0 Å². The zero-order valence-corrected chi connectivity index (χ0v) is 16.6. The van der Waals surface area contributed by atoms with E-state index in [2.05, 4.69) is 10.1 Å². The van der Waals surface area contributed by atoms with Crippen LogP contribution in [0.4, 0.5) is 0 Å². The number of hydrogen-bond acceptors (Lipinski definition) is 5. The quantitative estimate of drug-likeness (QED) is 0.637. The minimum Gasteiger partial charge on any atom is -0.478 e. The van der Waals surface area contributed by atoms with Crippen molar-refractivity contribution in [3.8, 4) is 22.9 Å². The molecule has 1 fully saturated rings. The summed E-state index contributed by atoms with van der Waals surface area (Å²) in [6.45, 7) is 0.896. The Morgan fingerprint density at radius 1 is 1.43 bits per heavy atom. The number of aromatic nitrogens is 3. The van der Waals surface area contributed by atoms with Crippen molar-refractivity contribution in [2.45, 2.75) is 32.0 Å². The minimum atomic E-state index is -0.106. The van der Waals surface area contributed by atoms with Crippen molar-refractivity contribution in [1.29, 1.82) is 5.26 Å². The Bertz CT molecular complexity index is 1050. The topological polar surface area (TPSA) is 102 Å². The summed E-state index contributed by atoms with van der Waals surface area (Å²) in [5.41, 5.74) is 9.10. The lowest BCUT2D eigenvalue weighted by Gasteiger charge is -2.22. The van der Waals surface area contributed by atoms with E-state index in [9.17, 15) is 0 Å². The van der Waals surface area contributed by atoms with Crippen LogP contribution in [0.25, 0.3) is 22.0 Å². The van der Waals surface area contributed by atoms with E-state index in [-0.39, 0.29) is 19.4 Å². The molecule has 0 aliphatic carbocycles. The molecule has 28 heavy (non-hydrogen) atoms. The van der Waals surface area contributed by atoms with Crippen molar-refractivity contribution in [2.75, 3.05) is 13.2 Å². The molecule has 3 aromatic rings. The predicted molar refractivity (Wildman–Crippen MR) is 107 cm³/mol. The van der Waals surface area contributed by atoms with Crippen molar-refractivity contribution in [3.05, 3.63) is 34.2 Å². The van der Waals surface area contributed by atoms with Gasteiger partial charge in [-0.1, -0.05) is 23.2 Å². The highest BCUT2D eigenvalue weighted by molar-refractivity contribution is 6.45. The number of nitriles is 1. The highest BCUT2D eigenvalue weighted by atomic mass is 35.5. The molecule has 1 saturated heterocycles. The summed E-state index contributed by atoms with van der Waals surface area (Å²) in [5.74, 6) is 0.471. The van der Waals surface area contributed by atoms with Gasteiger partial charge in [0.25, 0.3) is 0 Å². The van der Waals surface area contributed by atoms with Crippen molar-refractivity contribution in [2.24, 2.45) is 5.73 Å². The third-order valence-electron chi connectivity index (χ3n) is 4.85. The number of hydrogen-bond donors (Lipinski definition) is 2. The number of rotatable bonds is 5. The van der Waals surface area contributed by atoms with Crippen LogP contribution in [0.15, 0.2) is 18.5 Å². The zero-order valence-electron chi connectivity index (χ0n) is 15.0. The van der Waals surface area contributed by atoms with E-state index in [1.807, 2.05) is 16.9 Å². The third-order valence-corrected chi connectivity index (χ3v) is 5.64. The normalized spacial score (nSPS) is 17.0. The van der Waals surface area contributed by atoms with Crippen LogP contribution >= 0.6 is 23.2 Å². The maximum Gasteiger partial charge on any atom is 0.174 e. The lowest BCUT2D eigenvalue weighted by atomic mass is 10.0. The summed E-state index contributed by atoms with van der Waals surface area (Å²) in [7, 11) is 0. The molecule has 1 aromatic carbocycles. The SMILES string of the molecule is N#CCOc1cc(Cl)c(Cl)c2[nH]c(CN)c(-c3cnn(C4CCCCO4)c3)c12. The molecule has 0 spiro atoms. The van der Waals surface area contributed by atoms with E-state index in [4.69, 9.17) is 43.7 Å². The summed E-state index contributed by atoms with van der Waals surface area (Å²) in [4.78, 5) is 3.25. The first-order valence-corrected chi connectivity index (χ1v) is 9.78. The van der Waals surface area contributed by atoms with Gasteiger partial charge in [0.1, 0.15) is 18.0 Å². The van der Waals surface area contributed by atoms with Gasteiger partial charge in [-0.15, -0.1) is 0 Å². The van der Waals surface area contributed by atoms with Crippen LogP contribution in [0.1, 0.15) is 31.2 Å². The van der Waals surface area contributed by atoms with E-state index >= 15 is 0 Å². The molecule has 146 valence electrons. The molecule has 1 atom stereocenters. The monoisotopic (exact) mass is 419 g/mol. The van der Waals surface area contributed by atoms with Crippen molar-refractivity contribution < 1.29 is 9.47 Å². The average Bonchev–Trinajstić information content (AvgIpc) is 3.35. The molecule has 0 bridgehead atoms. The van der Waals surface area contributed by atoms with Gasteiger partial charge in [0.05, 0.1) is 27.1 Å². The molecule has 0 amide bonds. The second-order valence-electron chi connectivity index (χ2n) is 6.58. The summed E-state index contributed by atoms with van der Waals surface area (Å²) < 4.78 is 13.3. The molecule has 1 aliphatic rings. The van der Waals surface area contributed by atoms with Crippen LogP contribution < -0.4 is 10.5 Å². The fourth-order valence-electron chi connectivity index (χ4n) is 3.59. The number of ether oxygens (including phenoxy) is 2. The fraction of sp³-hybridized carbons (Fsp3) is 0.368. The first-order valence-electron chi connectivity index (χ1n) is 9.02. The maximum absolute atomic E-state index is 8.92. The molecule has 1 aliphatic heterocycles. The summed E-state index contributed by atoms with van der Waals surface area (Å²) in [6, 6.07) is 3.60. The first-order chi connectivity index (χ1) is 13.6. The lowest BCUT2D eigenvalue weighted by Crippen LogP contribution is -2.18. The molecular weight excluding hydrogens is 401 g/mol. The highest BCUT2D eigenvalue weighted by Gasteiger charge is 2.23. The standard InChI is InChI=1S/C19H19Cl2N5O2/c20-12-7-14(27-6-4-22)17-16(13(8-23)25-19(17)18(12)21)11-9-24-26(10-11)15-3-1-2-5-28-15/h7,9-10,15,25H,1-3,5-6,8,23H2. The Hall–Kier alpha value is -2.24. The number of aromatic amines is 1. The van der Waals surface area contributed by atoms with Crippen LogP contribution in [0.3, 0.4) is 0 Å². The van der Waals surface area contributed by atoms with E-state index in [1.54, 1.807) is 12.3 Å². The van der Waals surface area contributed by atoms with E-state index < -0.39 is 0 Å². The smallest absolute Gasteiger partial charge is 0.174 e. The van der Waals surface area contributed by atoms with Crippen LogP contribution in [-0.2, 0) is 11.3 Å². The number of nitrogens with zero attached hydrogens (tertiary/aromatic N) is 3. The van der Waals surface area contributed by atoms with E-state index in [0.717, 1.165) is 48.1 Å². The van der Waals surface area contributed by atoms with Crippen molar-refractivity contribution >= 4 is 34.1 Å². The van der Waals surface area contributed by atoms with E-state index in [0.29, 0.717) is 21.3 Å². The van der Waals surface area contributed by atoms with Gasteiger partial charge in [0, 0.05) is 42.2 Å². The number of fused-ring (bicyclic) bond motifs is 1. The van der Waals surface area contributed by atoms with Gasteiger partial charge < -0.3 is 20.2 Å². The van der Waals surface area contributed by atoms with Crippen LogP contribution in [-0.4, -0.2) is 28.0 Å². The Balaban J connectivity index is 1.87. The third kappa shape index (κ3) is 3.33. The molecular formula is C19H19Cl2N5O2. The Labute approximate surface area is 171 Å². The molecule has 0 radical (unpaired) electrons. The predicted octanol–water partition coefficient (Wildman–Crippen LogP) is 4.40. The first kappa shape index (κ1) is 19.1.